The third-order valence-corrected chi connectivity index (χ3v) is 5.98. The summed E-state index contributed by atoms with van der Waals surface area (Å²) in [5.74, 6) is -0.531. The molecule has 0 atom stereocenters. The summed E-state index contributed by atoms with van der Waals surface area (Å²) < 4.78 is 31.5. The molecule has 170 valence electrons. The Morgan fingerprint density at radius 3 is 2.88 bits per heavy atom. The first kappa shape index (κ1) is 23.6. The fourth-order valence-electron chi connectivity index (χ4n) is 3.14. The van der Waals surface area contributed by atoms with Crippen LogP contribution in [0, 0.1) is 5.82 Å². The van der Waals surface area contributed by atoms with E-state index in [1.54, 1.807) is 16.5 Å². The van der Waals surface area contributed by atoms with Crippen molar-refractivity contribution >= 4 is 27.5 Å². The number of rotatable bonds is 5. The maximum atomic E-state index is 12.8. The van der Waals surface area contributed by atoms with Gasteiger partial charge < -0.3 is 14.6 Å². The largest absolute Gasteiger partial charge is 0.438 e. The molecule has 9 heteroatoms. The third-order valence-electron chi connectivity index (χ3n) is 5.19. The molecule has 0 bridgehead atoms. The monoisotopic (exact) mass is 460 g/mol. The van der Waals surface area contributed by atoms with Crippen molar-refractivity contribution in [2.75, 3.05) is 13.1 Å². The molecule has 4 rings (SSSR count). The van der Waals surface area contributed by atoms with E-state index in [1.165, 1.54) is 23.0 Å². The zero-order chi connectivity index (χ0) is 23.1. The molecule has 1 aliphatic rings. The van der Waals surface area contributed by atoms with Gasteiger partial charge in [0.2, 0.25) is 5.76 Å². The molecule has 1 aliphatic heterocycles. The van der Waals surface area contributed by atoms with E-state index < -0.39 is 6.67 Å². The Balaban J connectivity index is 0.000000238. The predicted octanol–water partition coefficient (Wildman–Crippen LogP) is 5.60. The predicted molar refractivity (Wildman–Crippen MR) is 121 cm³/mol. The molecule has 1 amide bonds. The number of nitrogens with zero attached hydrogens (tertiary/aromatic N) is 3. The van der Waals surface area contributed by atoms with Gasteiger partial charge in [-0.15, -0.1) is 11.3 Å². The van der Waals surface area contributed by atoms with Crippen molar-refractivity contribution < 1.29 is 18.0 Å². The number of halogens is 2. The van der Waals surface area contributed by atoms with Crippen LogP contribution in [0.15, 0.2) is 57.6 Å². The molecular formula is C23H26F2N4O2S. The number of carbonyl (C=O) groups is 1. The number of benzene rings is 1. The summed E-state index contributed by atoms with van der Waals surface area (Å²) in [5.41, 5.74) is 5.70. The number of thiazole rings is 1. The molecule has 0 saturated heterocycles. The summed E-state index contributed by atoms with van der Waals surface area (Å²) in [6, 6.07) is 4.97. The Morgan fingerprint density at radius 2 is 2.19 bits per heavy atom. The van der Waals surface area contributed by atoms with E-state index in [4.69, 9.17) is 4.42 Å². The van der Waals surface area contributed by atoms with Gasteiger partial charge in [-0.1, -0.05) is 18.6 Å². The molecule has 32 heavy (non-hydrogen) atoms. The number of allylic oxidation sites excluding steroid dienone is 1. The Labute approximate surface area is 189 Å². The summed E-state index contributed by atoms with van der Waals surface area (Å²) >= 11 is 1.45. The van der Waals surface area contributed by atoms with Crippen LogP contribution in [0.1, 0.15) is 49.9 Å². The van der Waals surface area contributed by atoms with Gasteiger partial charge in [-0.3, -0.25) is 4.79 Å². The smallest absolute Gasteiger partial charge is 0.291 e. The van der Waals surface area contributed by atoms with Gasteiger partial charge in [0, 0.05) is 25.2 Å². The van der Waals surface area contributed by atoms with Crippen LogP contribution in [0.5, 0.6) is 0 Å². The van der Waals surface area contributed by atoms with Crippen LogP contribution < -0.4 is 5.32 Å². The van der Waals surface area contributed by atoms with Crippen molar-refractivity contribution in [1.82, 2.24) is 20.2 Å². The van der Waals surface area contributed by atoms with Crippen molar-refractivity contribution in [3.8, 4) is 0 Å². The standard InChI is InChI=1S/C16H22FN3O2.C7H4FNS/c1-4-11(2)8-18-13-5-6-20(9-12(13)3)16(21)15-14(7-17)19-10-22-15;8-5-2-1-3-6-7(5)9-4-10-6/h8,10,18H,4-7,9H2,1-3H3;1-4H. The zero-order valence-corrected chi connectivity index (χ0v) is 19.1. The van der Waals surface area contributed by atoms with E-state index in [2.05, 4.69) is 29.1 Å². The average molecular weight is 461 g/mol. The molecule has 3 aromatic rings. The first-order valence-corrected chi connectivity index (χ1v) is 11.2. The van der Waals surface area contributed by atoms with Crippen LogP contribution in [0.2, 0.25) is 0 Å². The molecular weight excluding hydrogens is 434 g/mol. The number of fused-ring (bicyclic) bond motifs is 1. The maximum Gasteiger partial charge on any atom is 0.291 e. The number of oxazole rings is 1. The second-order valence-electron chi connectivity index (χ2n) is 7.42. The molecule has 2 aromatic heterocycles. The van der Waals surface area contributed by atoms with Crippen LogP contribution in [0.3, 0.4) is 0 Å². The summed E-state index contributed by atoms with van der Waals surface area (Å²) in [7, 11) is 0. The van der Waals surface area contributed by atoms with Gasteiger partial charge >= 0.3 is 0 Å². The second kappa shape index (κ2) is 11.0. The fourth-order valence-corrected chi connectivity index (χ4v) is 3.83. The lowest BCUT2D eigenvalue weighted by atomic mass is 10.1. The van der Waals surface area contributed by atoms with Crippen LogP contribution in [0.25, 0.3) is 10.2 Å². The lowest BCUT2D eigenvalue weighted by Gasteiger charge is -2.29. The number of para-hydroxylation sites is 1. The summed E-state index contributed by atoms with van der Waals surface area (Å²) in [5, 5.41) is 3.32. The normalized spacial score (nSPS) is 14.4. The van der Waals surface area contributed by atoms with E-state index in [1.807, 2.05) is 19.2 Å². The molecule has 0 unspecified atom stereocenters. The van der Waals surface area contributed by atoms with Gasteiger partial charge in [-0.05, 0) is 44.2 Å². The minimum atomic E-state index is -0.797. The second-order valence-corrected chi connectivity index (χ2v) is 8.31. The molecule has 0 saturated carbocycles. The summed E-state index contributed by atoms with van der Waals surface area (Å²) in [6.45, 7) is 6.46. The van der Waals surface area contributed by atoms with Crippen molar-refractivity contribution in [1.29, 1.82) is 0 Å². The number of alkyl halides is 1. The van der Waals surface area contributed by atoms with Gasteiger partial charge in [0.15, 0.2) is 6.39 Å². The molecule has 0 spiro atoms. The Bertz CT molecular complexity index is 1140. The van der Waals surface area contributed by atoms with E-state index >= 15 is 0 Å². The number of carbonyl (C=O) groups excluding carboxylic acids is 1. The Hall–Kier alpha value is -3.07. The van der Waals surface area contributed by atoms with Crippen molar-refractivity contribution in [2.45, 2.75) is 40.3 Å². The zero-order valence-electron chi connectivity index (χ0n) is 18.3. The van der Waals surface area contributed by atoms with Gasteiger partial charge in [-0.2, -0.15) is 0 Å². The highest BCUT2D eigenvalue weighted by Crippen LogP contribution is 2.20. The minimum Gasteiger partial charge on any atom is -0.438 e. The van der Waals surface area contributed by atoms with Crippen LogP contribution in [-0.2, 0) is 6.67 Å². The first-order chi connectivity index (χ1) is 15.4. The summed E-state index contributed by atoms with van der Waals surface area (Å²) in [6.07, 6.45) is 4.86. The summed E-state index contributed by atoms with van der Waals surface area (Å²) in [4.78, 5) is 21.6. The molecule has 1 aromatic carbocycles. The quantitative estimate of drug-likeness (QED) is 0.536. The van der Waals surface area contributed by atoms with Gasteiger partial charge in [0.05, 0.1) is 10.2 Å². The number of hydrogen-bond donors (Lipinski definition) is 1. The first-order valence-electron chi connectivity index (χ1n) is 10.3. The highest BCUT2D eigenvalue weighted by atomic mass is 32.1. The Morgan fingerprint density at radius 1 is 1.38 bits per heavy atom. The van der Waals surface area contributed by atoms with Crippen molar-refractivity contribution in [2.24, 2.45) is 0 Å². The molecule has 0 radical (unpaired) electrons. The van der Waals surface area contributed by atoms with Crippen molar-refractivity contribution in [3.63, 3.8) is 0 Å². The van der Waals surface area contributed by atoms with Crippen LogP contribution in [0.4, 0.5) is 8.78 Å². The lowest BCUT2D eigenvalue weighted by Crippen LogP contribution is -2.38. The number of amides is 1. The Kier molecular flexibility index (Phi) is 8.10. The minimum absolute atomic E-state index is 0.00781. The van der Waals surface area contributed by atoms with Gasteiger partial charge in [-0.25, -0.2) is 18.7 Å². The number of hydrogen-bond acceptors (Lipinski definition) is 6. The molecule has 1 N–H and O–H groups in total. The van der Waals surface area contributed by atoms with E-state index in [0.29, 0.717) is 18.6 Å². The highest BCUT2D eigenvalue weighted by Gasteiger charge is 2.26. The van der Waals surface area contributed by atoms with E-state index in [9.17, 15) is 13.6 Å². The molecule has 0 aliphatic carbocycles. The van der Waals surface area contributed by atoms with Crippen LogP contribution >= 0.6 is 11.3 Å². The topological polar surface area (TPSA) is 71.3 Å². The highest BCUT2D eigenvalue weighted by molar-refractivity contribution is 7.16. The van der Waals surface area contributed by atoms with Crippen LogP contribution in [-0.4, -0.2) is 33.9 Å². The number of aromatic nitrogens is 2. The van der Waals surface area contributed by atoms with Gasteiger partial charge in [0.1, 0.15) is 23.7 Å². The fraction of sp³-hybridized carbons (Fsp3) is 0.348. The molecule has 0 fully saturated rings. The third kappa shape index (κ3) is 5.59. The van der Waals surface area contributed by atoms with E-state index in [0.717, 1.165) is 35.2 Å². The maximum absolute atomic E-state index is 12.8. The van der Waals surface area contributed by atoms with Crippen molar-refractivity contribution in [3.05, 3.63) is 70.4 Å². The van der Waals surface area contributed by atoms with E-state index in [-0.39, 0.29) is 23.2 Å². The molecule has 3 heterocycles. The molecule has 6 nitrogen and oxygen atoms in total. The SMILES string of the molecule is CCC(C)=CNC1=C(C)CN(C(=O)c2ocnc2CF)CC1.Fc1cccc2scnc12. The number of nitrogens with one attached hydrogen (secondary N) is 1. The average Bonchev–Trinajstić information content (AvgIpc) is 3.48. The van der Waals surface area contributed by atoms with Gasteiger partial charge in [0.25, 0.3) is 5.91 Å². The lowest BCUT2D eigenvalue weighted by molar-refractivity contribution is 0.0728.